The number of aromatic nitrogens is 2. The van der Waals surface area contributed by atoms with E-state index in [9.17, 15) is 4.79 Å². The maximum absolute atomic E-state index is 11.6. The number of hydrogen-bond acceptors (Lipinski definition) is 4. The molecule has 0 atom stereocenters. The molecule has 1 aromatic heterocycles. The summed E-state index contributed by atoms with van der Waals surface area (Å²) in [7, 11) is 0. The molecule has 0 spiro atoms. The minimum atomic E-state index is 0.0612. The minimum absolute atomic E-state index is 0.0612. The number of benzene rings is 1. The second-order valence-electron chi connectivity index (χ2n) is 5.57. The molecule has 0 fully saturated rings. The van der Waals surface area contributed by atoms with Crippen LogP contribution >= 0.6 is 11.6 Å². The average Bonchev–Trinajstić information content (AvgIpc) is 2.95. The van der Waals surface area contributed by atoms with Crippen molar-refractivity contribution < 1.29 is 9.32 Å². The fourth-order valence-electron chi connectivity index (χ4n) is 1.88. The van der Waals surface area contributed by atoms with Gasteiger partial charge in [-0.1, -0.05) is 30.6 Å². The van der Waals surface area contributed by atoms with E-state index in [0.29, 0.717) is 48.5 Å². The zero-order valence-electron chi connectivity index (χ0n) is 12.8. The quantitative estimate of drug-likeness (QED) is 0.847. The third-order valence-corrected chi connectivity index (χ3v) is 3.32. The summed E-state index contributed by atoms with van der Waals surface area (Å²) in [6.45, 7) is 4.84. The molecule has 0 unspecified atom stereocenters. The normalized spacial score (nSPS) is 10.9. The largest absolute Gasteiger partial charge is 0.356 e. The number of nitrogens with zero attached hydrogens (tertiary/aromatic N) is 2. The van der Waals surface area contributed by atoms with Gasteiger partial charge in [0.2, 0.25) is 17.6 Å². The summed E-state index contributed by atoms with van der Waals surface area (Å²) in [4.78, 5) is 15.9. The molecule has 5 nitrogen and oxygen atoms in total. The highest BCUT2D eigenvalue weighted by atomic mass is 35.5. The van der Waals surface area contributed by atoms with Crippen LogP contribution in [0.25, 0.3) is 11.4 Å². The van der Waals surface area contributed by atoms with Gasteiger partial charge in [-0.25, -0.2) is 0 Å². The zero-order valence-corrected chi connectivity index (χ0v) is 13.6. The van der Waals surface area contributed by atoms with E-state index in [1.165, 1.54) is 0 Å². The van der Waals surface area contributed by atoms with Crippen molar-refractivity contribution in [3.05, 3.63) is 35.2 Å². The first-order valence-corrected chi connectivity index (χ1v) is 7.77. The zero-order chi connectivity index (χ0) is 15.9. The van der Waals surface area contributed by atoms with Crippen LogP contribution in [-0.4, -0.2) is 22.6 Å². The van der Waals surface area contributed by atoms with Crippen molar-refractivity contribution >= 4 is 17.5 Å². The van der Waals surface area contributed by atoms with E-state index in [0.717, 1.165) is 5.56 Å². The van der Waals surface area contributed by atoms with E-state index in [4.69, 9.17) is 16.1 Å². The third kappa shape index (κ3) is 5.15. The second kappa shape index (κ2) is 7.94. The Balaban J connectivity index is 1.80. The molecule has 0 aliphatic carbocycles. The van der Waals surface area contributed by atoms with Gasteiger partial charge in [0.25, 0.3) is 0 Å². The SMILES string of the molecule is CC(C)CNC(=O)CCCc1nc(-c2ccc(Cl)cc2)no1. The fourth-order valence-corrected chi connectivity index (χ4v) is 2.01. The second-order valence-corrected chi connectivity index (χ2v) is 6.01. The molecule has 0 saturated heterocycles. The molecule has 1 aromatic carbocycles. The molecule has 22 heavy (non-hydrogen) atoms. The first kappa shape index (κ1) is 16.5. The number of carbonyl (C=O) groups is 1. The van der Waals surface area contributed by atoms with Crippen LogP contribution in [0.4, 0.5) is 0 Å². The van der Waals surface area contributed by atoms with Gasteiger partial charge in [-0.3, -0.25) is 4.79 Å². The Labute approximate surface area is 135 Å². The molecule has 1 amide bonds. The molecule has 0 aliphatic heterocycles. The van der Waals surface area contributed by atoms with Crippen LogP contribution in [0.1, 0.15) is 32.6 Å². The summed E-state index contributed by atoms with van der Waals surface area (Å²) in [5, 5.41) is 7.50. The molecule has 118 valence electrons. The number of carbonyl (C=O) groups excluding carboxylic acids is 1. The molecule has 2 rings (SSSR count). The first-order valence-electron chi connectivity index (χ1n) is 7.40. The van der Waals surface area contributed by atoms with Crippen molar-refractivity contribution in [1.82, 2.24) is 15.5 Å². The van der Waals surface area contributed by atoms with Crippen LogP contribution in [-0.2, 0) is 11.2 Å². The Kier molecular flexibility index (Phi) is 5.95. The van der Waals surface area contributed by atoms with Crippen molar-refractivity contribution in [1.29, 1.82) is 0 Å². The van der Waals surface area contributed by atoms with Gasteiger partial charge >= 0.3 is 0 Å². The number of nitrogens with one attached hydrogen (secondary N) is 1. The number of hydrogen-bond donors (Lipinski definition) is 1. The molecule has 0 saturated carbocycles. The lowest BCUT2D eigenvalue weighted by Gasteiger charge is -2.06. The molecular weight excluding hydrogens is 302 g/mol. The van der Waals surface area contributed by atoms with Crippen molar-refractivity contribution in [2.24, 2.45) is 5.92 Å². The van der Waals surface area contributed by atoms with E-state index < -0.39 is 0 Å². The standard InChI is InChI=1S/C16H20ClN3O2/c1-11(2)10-18-14(21)4-3-5-15-19-16(20-22-15)12-6-8-13(17)9-7-12/h6-9,11H,3-5,10H2,1-2H3,(H,18,21). The Hall–Kier alpha value is -1.88. The maximum Gasteiger partial charge on any atom is 0.226 e. The van der Waals surface area contributed by atoms with E-state index in [-0.39, 0.29) is 5.91 Å². The van der Waals surface area contributed by atoms with Crippen LogP contribution in [0, 0.1) is 5.92 Å². The molecule has 1 heterocycles. The van der Waals surface area contributed by atoms with Gasteiger partial charge < -0.3 is 9.84 Å². The lowest BCUT2D eigenvalue weighted by Crippen LogP contribution is -2.27. The van der Waals surface area contributed by atoms with Gasteiger partial charge in [0.05, 0.1) is 0 Å². The summed E-state index contributed by atoms with van der Waals surface area (Å²) in [6.07, 6.45) is 1.74. The molecule has 6 heteroatoms. The Bertz CT molecular complexity index is 608. The van der Waals surface area contributed by atoms with Gasteiger partial charge in [-0.05, 0) is 36.6 Å². The molecular formula is C16H20ClN3O2. The highest BCUT2D eigenvalue weighted by molar-refractivity contribution is 6.30. The van der Waals surface area contributed by atoms with Gasteiger partial charge in [-0.15, -0.1) is 0 Å². The predicted octanol–water partition coefficient (Wildman–Crippen LogP) is 3.48. The summed E-state index contributed by atoms with van der Waals surface area (Å²) in [6, 6.07) is 7.25. The van der Waals surface area contributed by atoms with Crippen molar-refractivity contribution in [3.8, 4) is 11.4 Å². The van der Waals surface area contributed by atoms with E-state index in [1.54, 1.807) is 12.1 Å². The monoisotopic (exact) mass is 321 g/mol. The number of halogens is 1. The molecule has 0 aliphatic rings. The van der Waals surface area contributed by atoms with Crippen molar-refractivity contribution in [2.75, 3.05) is 6.54 Å². The lowest BCUT2D eigenvalue weighted by molar-refractivity contribution is -0.121. The van der Waals surface area contributed by atoms with E-state index in [1.807, 2.05) is 12.1 Å². The van der Waals surface area contributed by atoms with Crippen molar-refractivity contribution in [2.45, 2.75) is 33.1 Å². The highest BCUT2D eigenvalue weighted by Crippen LogP contribution is 2.19. The topological polar surface area (TPSA) is 68.0 Å². The average molecular weight is 322 g/mol. The Morgan fingerprint density at radius 2 is 2.05 bits per heavy atom. The summed E-state index contributed by atoms with van der Waals surface area (Å²) in [5.74, 6) is 1.60. The fraction of sp³-hybridized carbons (Fsp3) is 0.438. The van der Waals surface area contributed by atoms with Crippen LogP contribution < -0.4 is 5.32 Å². The smallest absolute Gasteiger partial charge is 0.226 e. The predicted molar refractivity (Wildman–Crippen MR) is 85.5 cm³/mol. The van der Waals surface area contributed by atoms with Gasteiger partial charge in [-0.2, -0.15) is 4.98 Å². The molecule has 0 bridgehead atoms. The first-order chi connectivity index (χ1) is 10.5. The van der Waals surface area contributed by atoms with Gasteiger partial charge in [0, 0.05) is 30.0 Å². The lowest BCUT2D eigenvalue weighted by atomic mass is 10.2. The number of rotatable bonds is 7. The van der Waals surface area contributed by atoms with Crippen LogP contribution in [0.5, 0.6) is 0 Å². The summed E-state index contributed by atoms with van der Waals surface area (Å²) >= 11 is 5.85. The van der Waals surface area contributed by atoms with E-state index >= 15 is 0 Å². The Morgan fingerprint density at radius 3 is 2.73 bits per heavy atom. The highest BCUT2D eigenvalue weighted by Gasteiger charge is 2.09. The number of aryl methyl sites for hydroxylation is 1. The third-order valence-electron chi connectivity index (χ3n) is 3.07. The molecule has 2 aromatic rings. The van der Waals surface area contributed by atoms with Gasteiger partial charge in [0.15, 0.2) is 0 Å². The Morgan fingerprint density at radius 1 is 1.32 bits per heavy atom. The molecule has 0 radical (unpaired) electrons. The number of amides is 1. The minimum Gasteiger partial charge on any atom is -0.356 e. The summed E-state index contributed by atoms with van der Waals surface area (Å²) in [5.41, 5.74) is 0.856. The maximum atomic E-state index is 11.6. The van der Waals surface area contributed by atoms with Gasteiger partial charge in [0.1, 0.15) is 0 Å². The summed E-state index contributed by atoms with van der Waals surface area (Å²) < 4.78 is 5.20. The van der Waals surface area contributed by atoms with E-state index in [2.05, 4.69) is 29.3 Å². The van der Waals surface area contributed by atoms with Crippen LogP contribution in [0.3, 0.4) is 0 Å². The molecule has 1 N–H and O–H groups in total. The van der Waals surface area contributed by atoms with Crippen LogP contribution in [0.2, 0.25) is 5.02 Å². The van der Waals surface area contributed by atoms with Crippen molar-refractivity contribution in [3.63, 3.8) is 0 Å². The van der Waals surface area contributed by atoms with Crippen LogP contribution in [0.15, 0.2) is 28.8 Å².